The van der Waals surface area contributed by atoms with Gasteiger partial charge in [-0.05, 0) is 193 Å². The van der Waals surface area contributed by atoms with Crippen molar-refractivity contribution in [3.63, 3.8) is 0 Å². The van der Waals surface area contributed by atoms with Crippen LogP contribution >= 0.6 is 47.8 Å². The maximum atomic E-state index is 14.6. The first-order valence-corrected chi connectivity index (χ1v) is 41.9. The van der Waals surface area contributed by atoms with Crippen LogP contribution in [0.15, 0.2) is 203 Å². The van der Waals surface area contributed by atoms with Gasteiger partial charge in [-0.3, -0.25) is 4.68 Å². The van der Waals surface area contributed by atoms with Crippen molar-refractivity contribution in [2.45, 2.75) is 101 Å². The van der Waals surface area contributed by atoms with E-state index in [0.29, 0.717) is 48.2 Å². The number of benzene rings is 3. The number of anilines is 5. The van der Waals surface area contributed by atoms with Gasteiger partial charge >= 0.3 is 22.7 Å². The Kier molecular flexibility index (Phi) is 26.1. The number of nitrogens with two attached hydrogens (primary N) is 3. The SMILES string of the molecule is C[C@](N)(c1ccc(F)cc1)c1cnc(N2CCCCC2)nc1.C[C@](N)(c1ccc(F)cc1)c1cnc(N2CCN(c3c(F)cnn4cc(Br)cc34)CC2)nc1.C[C@](N)(c1ccc(F)cc1)c1cnc(N2CCN(c3ccnn4cc(Br)cc34)CC2)nc1.Cn1cc(B2OC(C)(C)C(C)(C)O2)cn1.O=S(=O)(Oc1ccnn2cc(Br)cc12)C(F)(F)F. The fraction of sp³-hybridized carbons (Fsp3) is 0.333. The number of piperidine rings is 1. The molecule has 17 rings (SSSR count). The van der Waals surface area contributed by atoms with E-state index in [-0.39, 0.29) is 47.1 Å². The molecule has 4 fully saturated rings. The van der Waals surface area contributed by atoms with E-state index in [4.69, 9.17) is 26.5 Å². The highest BCUT2D eigenvalue weighted by Crippen LogP contribution is 2.38. The minimum absolute atomic E-state index is 0.0946. The number of rotatable bonds is 14. The number of nitrogens with zero attached hydrogens (tertiary/aromatic N) is 19. The van der Waals surface area contributed by atoms with Gasteiger partial charge in [0, 0.05) is 188 Å². The van der Waals surface area contributed by atoms with Crippen molar-refractivity contribution in [1.82, 2.24) is 68.5 Å². The van der Waals surface area contributed by atoms with Gasteiger partial charge in [-0.1, -0.05) is 36.4 Å². The summed E-state index contributed by atoms with van der Waals surface area (Å²) in [6, 6.07) is 27.0. The molecule has 14 heterocycles. The highest BCUT2D eigenvalue weighted by atomic mass is 79.9. The van der Waals surface area contributed by atoms with Gasteiger partial charge in [-0.15, -0.1) is 0 Å². The minimum Gasteiger partial charge on any atom is -0.399 e. The second kappa shape index (κ2) is 35.8. The summed E-state index contributed by atoms with van der Waals surface area (Å²) in [7, 11) is -4.11. The molecule has 120 heavy (non-hydrogen) atoms. The van der Waals surface area contributed by atoms with Crippen molar-refractivity contribution >= 4 is 116 Å². The molecular formula is C81H87BBr3F7N22O5S. The van der Waals surface area contributed by atoms with Crippen LogP contribution in [-0.4, -0.2) is 166 Å². The largest absolute Gasteiger partial charge is 0.534 e. The monoisotopic (exact) mass is 1860 g/mol. The predicted molar refractivity (Wildman–Crippen MR) is 455 cm³/mol. The third-order valence-corrected chi connectivity index (χ3v) is 23.9. The summed E-state index contributed by atoms with van der Waals surface area (Å²) in [5.41, 5.74) is 20.4. The first-order chi connectivity index (χ1) is 56.8. The molecule has 3 atom stereocenters. The molecule has 4 aliphatic heterocycles. The topological polar surface area (TPSA) is 303 Å². The van der Waals surface area contributed by atoms with E-state index < -0.39 is 38.0 Å². The highest BCUT2D eigenvalue weighted by Gasteiger charge is 2.52. The fourth-order valence-corrected chi connectivity index (χ4v) is 15.5. The van der Waals surface area contributed by atoms with Crippen molar-refractivity contribution in [3.8, 4) is 5.75 Å². The molecule has 13 aromatic rings. The molecule has 0 saturated carbocycles. The zero-order valence-corrected chi connectivity index (χ0v) is 72.2. The molecule has 0 radical (unpaired) electrons. The van der Waals surface area contributed by atoms with Crippen LogP contribution in [-0.2, 0) is 43.1 Å². The van der Waals surface area contributed by atoms with Crippen LogP contribution in [0, 0.1) is 23.3 Å². The molecule has 0 unspecified atom stereocenters. The van der Waals surface area contributed by atoms with Gasteiger partial charge in [-0.2, -0.15) is 42.0 Å². The Morgan fingerprint density at radius 3 is 1.22 bits per heavy atom. The van der Waals surface area contributed by atoms with Gasteiger partial charge in [-0.25, -0.2) is 61.0 Å². The number of fused-ring (bicyclic) bond motifs is 3. The summed E-state index contributed by atoms with van der Waals surface area (Å²) in [4.78, 5) is 38.0. The maximum absolute atomic E-state index is 14.6. The number of aromatic nitrogens is 14. The average molecular weight is 1860 g/mol. The average Bonchev–Trinajstić information content (AvgIpc) is 1.57. The predicted octanol–water partition coefficient (Wildman–Crippen LogP) is 13.2. The number of hydrogen-bond acceptors (Lipinski definition) is 23. The van der Waals surface area contributed by atoms with Gasteiger partial charge in [0.05, 0.1) is 56.9 Å². The van der Waals surface area contributed by atoms with Gasteiger partial charge in [0.1, 0.15) is 28.7 Å². The van der Waals surface area contributed by atoms with E-state index in [0.717, 1.165) is 116 Å². The molecule has 27 nitrogen and oxygen atoms in total. The summed E-state index contributed by atoms with van der Waals surface area (Å²) >= 11 is 10.1. The summed E-state index contributed by atoms with van der Waals surface area (Å²) in [6.45, 7) is 21.7. The molecule has 0 aliphatic carbocycles. The third kappa shape index (κ3) is 19.8. The Balaban J connectivity index is 0.000000134. The van der Waals surface area contributed by atoms with Crippen molar-refractivity contribution in [1.29, 1.82) is 0 Å². The molecule has 0 amide bonds. The van der Waals surface area contributed by atoms with Crippen LogP contribution in [0.5, 0.6) is 5.75 Å². The lowest BCUT2D eigenvalue weighted by atomic mass is 9.82. The Hall–Kier alpha value is -10.3. The standard InChI is InChI=1S/C23H22BrF2N7.C23H23BrFN7.C17H21FN4.C10H17BN2O2.C8H4BrF3N2O3S/c1-23(27,15-2-4-18(25)5-3-15)16-11-28-22(29-12-16)32-8-6-31(7-9-32)21-19(26)13-30-33-14-17(24)10-20(21)33;1-23(26,16-2-4-19(25)5-3-16)17-13-27-22(28-14-17)31-10-8-30(9-11-31)20-6-7-29-32-15-18(24)12-21(20)32;1-17(19,13-5-7-15(18)8-6-13)14-11-20-16(21-12-14)22-9-3-2-4-10-22;1-9(2)10(3,4)15-11(14-9)8-6-12-13(5)7-8;9-5-3-6-7(1-2-13-14(6)4-5)17-18(15,16)8(10,11)12/h2-5,10-14H,6-9,27H2,1H3;2-7,12-15H,8-11,26H2,1H3;5-8,11-12H,2-4,9-10,19H2,1H3;6-7H,1-5H3;1-4H/t2*23-;17-;;/m000../s1. The third-order valence-electron chi connectivity index (χ3n) is 21.6. The number of aryl methyl sites for hydroxylation is 1. The smallest absolute Gasteiger partial charge is 0.399 e. The molecule has 630 valence electrons. The second-order valence-electron chi connectivity index (χ2n) is 30.7. The Labute approximate surface area is 713 Å². The van der Waals surface area contributed by atoms with Crippen LogP contribution in [0.4, 0.5) is 60.0 Å². The number of piperazine rings is 2. The van der Waals surface area contributed by atoms with Crippen molar-refractivity contribution < 1.29 is 52.6 Å². The first kappa shape index (κ1) is 87.6. The van der Waals surface area contributed by atoms with Gasteiger partial charge < -0.3 is 55.2 Å². The van der Waals surface area contributed by atoms with Crippen LogP contribution < -0.4 is 51.3 Å². The van der Waals surface area contributed by atoms with Crippen LogP contribution in [0.3, 0.4) is 0 Å². The second-order valence-corrected chi connectivity index (χ2v) is 35.0. The van der Waals surface area contributed by atoms with Crippen LogP contribution in [0.25, 0.3) is 16.6 Å². The van der Waals surface area contributed by atoms with Crippen LogP contribution in [0.2, 0.25) is 0 Å². The molecule has 10 aromatic heterocycles. The van der Waals surface area contributed by atoms with E-state index in [1.165, 1.54) is 84.3 Å². The molecule has 4 aliphatic rings. The number of hydrogen-bond donors (Lipinski definition) is 3. The van der Waals surface area contributed by atoms with Crippen molar-refractivity contribution in [2.75, 3.05) is 89.9 Å². The van der Waals surface area contributed by atoms with E-state index >= 15 is 0 Å². The molecular weight excluding hydrogens is 1780 g/mol. The summed E-state index contributed by atoms with van der Waals surface area (Å²) in [6.07, 6.45) is 27.3. The zero-order valence-electron chi connectivity index (χ0n) is 66.6. The Morgan fingerprint density at radius 1 is 0.442 bits per heavy atom. The fourth-order valence-electron chi connectivity index (χ4n) is 13.8. The lowest BCUT2D eigenvalue weighted by molar-refractivity contribution is -0.0499. The highest BCUT2D eigenvalue weighted by molar-refractivity contribution is 9.11. The van der Waals surface area contributed by atoms with Crippen LogP contribution in [0.1, 0.15) is 101 Å². The van der Waals surface area contributed by atoms with Crippen molar-refractivity contribution in [3.05, 3.63) is 260 Å². The molecule has 4 saturated heterocycles. The van der Waals surface area contributed by atoms with E-state index in [1.54, 1.807) is 95.2 Å². The summed E-state index contributed by atoms with van der Waals surface area (Å²) in [5, 5.41) is 16.4. The van der Waals surface area contributed by atoms with Crippen molar-refractivity contribution in [2.24, 2.45) is 24.2 Å². The molecule has 0 bridgehead atoms. The van der Waals surface area contributed by atoms with Gasteiger partial charge in [0.2, 0.25) is 17.8 Å². The van der Waals surface area contributed by atoms with E-state index in [1.807, 2.05) is 89.6 Å². The van der Waals surface area contributed by atoms with Gasteiger partial charge in [0.15, 0.2) is 11.6 Å². The molecule has 39 heteroatoms. The van der Waals surface area contributed by atoms with E-state index in [2.05, 4.69) is 134 Å². The number of alkyl halides is 3. The normalized spacial score (nSPS) is 17.0. The zero-order chi connectivity index (χ0) is 85.9. The van der Waals surface area contributed by atoms with E-state index in [9.17, 15) is 39.2 Å². The lowest BCUT2D eigenvalue weighted by Crippen LogP contribution is -2.47. The molecule has 6 N–H and O–H groups in total. The number of halogens is 10. The lowest BCUT2D eigenvalue weighted by Gasteiger charge is -2.36. The first-order valence-electron chi connectivity index (χ1n) is 38.1. The maximum Gasteiger partial charge on any atom is 0.534 e. The summed E-state index contributed by atoms with van der Waals surface area (Å²) in [5.74, 6) is 0.394. The Morgan fingerprint density at radius 2 is 0.808 bits per heavy atom. The van der Waals surface area contributed by atoms with Gasteiger partial charge in [0.25, 0.3) is 0 Å². The summed E-state index contributed by atoms with van der Waals surface area (Å²) < 4.78 is 137. The quantitative estimate of drug-likeness (QED) is 0.0394. The molecule has 3 aromatic carbocycles. The Bertz CT molecular complexity index is 5780. The minimum atomic E-state index is -5.69. The molecule has 0 spiro atoms.